The van der Waals surface area contributed by atoms with Gasteiger partial charge in [-0.3, -0.25) is 10.2 Å². The van der Waals surface area contributed by atoms with Crippen molar-refractivity contribution in [1.82, 2.24) is 16.2 Å². The van der Waals surface area contributed by atoms with E-state index >= 15 is 0 Å². The molecule has 0 radical (unpaired) electrons. The van der Waals surface area contributed by atoms with E-state index in [0.29, 0.717) is 18.9 Å². The number of ether oxygens (including phenoxy) is 1. The van der Waals surface area contributed by atoms with Crippen molar-refractivity contribution in [2.24, 2.45) is 5.92 Å². The average Bonchev–Trinajstić information content (AvgIpc) is 2.90. The zero-order chi connectivity index (χ0) is 17.7. The maximum absolute atomic E-state index is 12.2. The van der Waals surface area contributed by atoms with Crippen molar-refractivity contribution in [3.05, 3.63) is 29.8 Å². The average molecular weight is 406 g/mol. The van der Waals surface area contributed by atoms with Crippen molar-refractivity contribution >= 4 is 21.8 Å². The molecule has 1 amide bonds. The van der Waals surface area contributed by atoms with Crippen LogP contribution in [0.15, 0.2) is 24.3 Å². The second-order valence-electron chi connectivity index (χ2n) is 6.04. The molecule has 1 fully saturated rings. The van der Waals surface area contributed by atoms with Gasteiger partial charge in [0.1, 0.15) is 11.8 Å². The van der Waals surface area contributed by atoms with Crippen LogP contribution in [-0.2, 0) is 11.2 Å². The van der Waals surface area contributed by atoms with Gasteiger partial charge in [0.15, 0.2) is 0 Å². The third-order valence-corrected chi connectivity index (χ3v) is 5.03. The van der Waals surface area contributed by atoms with E-state index in [1.54, 1.807) is 12.1 Å². The fraction of sp³-hybridized carbons (Fsp3) is 0.562. The maximum Gasteiger partial charge on any atom is 0.387 e. The Hall–Kier alpha value is -1.25. The molecule has 1 heterocycles. The van der Waals surface area contributed by atoms with Gasteiger partial charge in [0.05, 0.1) is 4.83 Å². The number of halogens is 3. The lowest BCUT2D eigenvalue weighted by molar-refractivity contribution is -0.122. The van der Waals surface area contributed by atoms with Crippen molar-refractivity contribution in [1.29, 1.82) is 0 Å². The van der Waals surface area contributed by atoms with Gasteiger partial charge in [0.2, 0.25) is 5.91 Å². The van der Waals surface area contributed by atoms with Crippen LogP contribution in [0.5, 0.6) is 5.75 Å². The minimum absolute atomic E-state index is 0.0169. The molecule has 0 spiro atoms. The third-order valence-electron chi connectivity index (χ3n) is 3.93. The number of hydrogen-bond donors (Lipinski definition) is 3. The summed E-state index contributed by atoms with van der Waals surface area (Å²) >= 11 is 3.58. The zero-order valence-corrected chi connectivity index (χ0v) is 15.1. The molecule has 2 rings (SSSR count). The summed E-state index contributed by atoms with van der Waals surface area (Å²) in [5.74, 6) is 0.444. The molecule has 1 aromatic rings. The van der Waals surface area contributed by atoms with E-state index in [2.05, 4.69) is 50.7 Å². The van der Waals surface area contributed by atoms with Crippen LogP contribution in [0, 0.1) is 5.92 Å². The second kappa shape index (κ2) is 8.73. The summed E-state index contributed by atoms with van der Waals surface area (Å²) in [5.41, 5.74) is 7.08. The Morgan fingerprint density at radius 3 is 2.50 bits per heavy atom. The Morgan fingerprint density at radius 2 is 1.96 bits per heavy atom. The van der Waals surface area contributed by atoms with Gasteiger partial charge in [0.25, 0.3) is 0 Å². The van der Waals surface area contributed by atoms with Gasteiger partial charge >= 0.3 is 6.61 Å². The largest absolute Gasteiger partial charge is 0.435 e. The summed E-state index contributed by atoms with van der Waals surface area (Å²) in [6.45, 7) is 1.83. The highest BCUT2D eigenvalue weighted by Crippen LogP contribution is 2.21. The number of amides is 1. The van der Waals surface area contributed by atoms with Gasteiger partial charge in [-0.2, -0.15) is 8.78 Å². The highest BCUT2D eigenvalue weighted by atomic mass is 79.9. The second-order valence-corrected chi connectivity index (χ2v) is 7.10. The van der Waals surface area contributed by atoms with Crippen LogP contribution < -0.4 is 20.9 Å². The minimum atomic E-state index is -2.82. The predicted octanol–water partition coefficient (Wildman–Crippen LogP) is 2.21. The molecule has 1 aliphatic rings. The lowest BCUT2D eigenvalue weighted by Crippen LogP contribution is -2.46. The van der Waals surface area contributed by atoms with E-state index in [-0.39, 0.29) is 28.6 Å². The number of carbonyl (C=O) groups excluding carboxylic acids is 1. The standard InChI is InChI=1S/C16H22BrF2N3O2/c1-9(2)13-12(17)14(22-21-13)15(23)20-8-7-10-3-5-11(6-4-10)24-16(18)19/h3-6,9,12-14,16,21-22H,7-8H2,1-2H3,(H,20,23). The Labute approximate surface area is 148 Å². The van der Waals surface area contributed by atoms with Crippen LogP contribution in [0.3, 0.4) is 0 Å². The number of alkyl halides is 3. The highest BCUT2D eigenvalue weighted by Gasteiger charge is 2.39. The first-order chi connectivity index (χ1) is 11.4. The SMILES string of the molecule is CC(C)C1NNC(C(=O)NCCc2ccc(OC(F)F)cc2)C1Br. The van der Waals surface area contributed by atoms with E-state index < -0.39 is 6.61 Å². The van der Waals surface area contributed by atoms with Gasteiger partial charge < -0.3 is 10.1 Å². The van der Waals surface area contributed by atoms with E-state index in [1.165, 1.54) is 12.1 Å². The molecule has 3 atom stereocenters. The minimum Gasteiger partial charge on any atom is -0.435 e. The Balaban J connectivity index is 1.77. The summed E-state index contributed by atoms with van der Waals surface area (Å²) < 4.78 is 28.5. The maximum atomic E-state index is 12.2. The smallest absolute Gasteiger partial charge is 0.387 e. The quantitative estimate of drug-likeness (QED) is 0.608. The van der Waals surface area contributed by atoms with Crippen molar-refractivity contribution in [3.8, 4) is 5.75 Å². The number of nitrogens with one attached hydrogen (secondary N) is 3. The Bertz CT molecular complexity index is 543. The lowest BCUT2D eigenvalue weighted by Gasteiger charge is -2.19. The van der Waals surface area contributed by atoms with Crippen molar-refractivity contribution < 1.29 is 18.3 Å². The van der Waals surface area contributed by atoms with Gasteiger partial charge in [-0.1, -0.05) is 41.9 Å². The number of benzene rings is 1. The van der Waals surface area contributed by atoms with Gasteiger partial charge in [-0.15, -0.1) is 0 Å². The molecular weight excluding hydrogens is 384 g/mol. The fourth-order valence-corrected chi connectivity index (χ4v) is 3.69. The van der Waals surface area contributed by atoms with Crippen LogP contribution in [0.1, 0.15) is 19.4 Å². The molecule has 0 bridgehead atoms. The predicted molar refractivity (Wildman–Crippen MR) is 91.2 cm³/mol. The van der Waals surface area contributed by atoms with Crippen molar-refractivity contribution in [3.63, 3.8) is 0 Å². The van der Waals surface area contributed by atoms with Crippen LogP contribution in [0.2, 0.25) is 0 Å². The van der Waals surface area contributed by atoms with E-state index in [0.717, 1.165) is 5.56 Å². The molecule has 1 aliphatic heterocycles. The van der Waals surface area contributed by atoms with Crippen LogP contribution in [-0.4, -0.2) is 36.0 Å². The topological polar surface area (TPSA) is 62.4 Å². The normalized spacial score (nSPS) is 23.7. The molecule has 134 valence electrons. The number of carbonyl (C=O) groups is 1. The summed E-state index contributed by atoms with van der Waals surface area (Å²) in [6.07, 6.45) is 0.613. The summed E-state index contributed by atoms with van der Waals surface area (Å²) in [4.78, 5) is 12.3. The fourth-order valence-electron chi connectivity index (χ4n) is 2.57. The lowest BCUT2D eigenvalue weighted by atomic mass is 9.99. The zero-order valence-electron chi connectivity index (χ0n) is 13.6. The molecule has 5 nitrogen and oxygen atoms in total. The van der Waals surface area contributed by atoms with E-state index in [9.17, 15) is 13.6 Å². The monoisotopic (exact) mass is 405 g/mol. The van der Waals surface area contributed by atoms with E-state index in [1.807, 2.05) is 0 Å². The molecule has 0 aliphatic carbocycles. The molecule has 0 aromatic heterocycles. The number of hydrazine groups is 1. The molecule has 3 N–H and O–H groups in total. The molecule has 3 unspecified atom stereocenters. The molecular formula is C16H22BrF2N3O2. The third kappa shape index (κ3) is 5.12. The van der Waals surface area contributed by atoms with Crippen LogP contribution in [0.25, 0.3) is 0 Å². The molecule has 0 saturated carbocycles. The Kier molecular flexibility index (Phi) is 6.94. The Morgan fingerprint density at radius 1 is 1.29 bits per heavy atom. The summed E-state index contributed by atoms with van der Waals surface area (Å²) in [5, 5.41) is 2.89. The van der Waals surface area contributed by atoms with Crippen LogP contribution in [0.4, 0.5) is 8.78 Å². The van der Waals surface area contributed by atoms with Gasteiger partial charge in [-0.05, 0) is 30.0 Å². The van der Waals surface area contributed by atoms with Crippen LogP contribution >= 0.6 is 15.9 Å². The number of hydrogen-bond acceptors (Lipinski definition) is 4. The van der Waals surface area contributed by atoms with E-state index in [4.69, 9.17) is 0 Å². The van der Waals surface area contributed by atoms with Gasteiger partial charge in [-0.25, -0.2) is 5.43 Å². The number of rotatable bonds is 7. The molecule has 1 aromatic carbocycles. The summed E-state index contributed by atoms with van der Waals surface area (Å²) in [7, 11) is 0. The highest BCUT2D eigenvalue weighted by molar-refractivity contribution is 9.09. The molecule has 1 saturated heterocycles. The van der Waals surface area contributed by atoms with Crippen molar-refractivity contribution in [2.75, 3.05) is 6.54 Å². The molecule has 24 heavy (non-hydrogen) atoms. The first-order valence-electron chi connectivity index (χ1n) is 7.85. The van der Waals surface area contributed by atoms with Crippen molar-refractivity contribution in [2.45, 2.75) is 43.8 Å². The first kappa shape index (κ1) is 19.1. The summed E-state index contributed by atoms with van der Waals surface area (Å²) in [6, 6.07) is 6.26. The van der Waals surface area contributed by atoms with Gasteiger partial charge in [0, 0.05) is 12.6 Å². The first-order valence-corrected chi connectivity index (χ1v) is 8.76. The molecule has 8 heteroatoms.